The van der Waals surface area contributed by atoms with Gasteiger partial charge in [0.15, 0.2) is 0 Å². The molecule has 1 saturated heterocycles. The molecule has 1 unspecified atom stereocenters. The van der Waals surface area contributed by atoms with Gasteiger partial charge in [0, 0.05) is 0 Å². The summed E-state index contributed by atoms with van der Waals surface area (Å²) in [5.74, 6) is -0.671. The van der Waals surface area contributed by atoms with Crippen molar-refractivity contribution < 1.29 is 19.8 Å². The maximum atomic E-state index is 10.6. The maximum Gasteiger partial charge on any atom is 0.338 e. The molecule has 0 spiro atoms. The molecule has 1 aliphatic rings. The largest absolute Gasteiger partial charge is 0.375 e. The van der Waals surface area contributed by atoms with E-state index in [0.29, 0.717) is 12.8 Å². The van der Waals surface area contributed by atoms with E-state index in [-0.39, 0.29) is 6.54 Å². The van der Waals surface area contributed by atoms with Crippen LogP contribution in [-0.4, -0.2) is 40.2 Å². The molecule has 2 atom stereocenters. The molecular weight excluding hydrogens is 164 g/mol. The van der Waals surface area contributed by atoms with Crippen LogP contribution in [0.3, 0.4) is 0 Å². The Morgan fingerprint density at radius 3 is 2.42 bits per heavy atom. The van der Waals surface area contributed by atoms with Crippen molar-refractivity contribution in [2.24, 2.45) is 5.73 Å². The highest BCUT2D eigenvalue weighted by Crippen LogP contribution is 2.20. The molecule has 0 saturated carbocycles. The maximum absolute atomic E-state index is 10.6. The Morgan fingerprint density at radius 1 is 1.50 bits per heavy atom. The van der Waals surface area contributed by atoms with Crippen LogP contribution in [0.25, 0.3) is 0 Å². The number of nitrogens with zero attached hydrogens (tertiary/aromatic N) is 1. The lowest BCUT2D eigenvalue weighted by atomic mass is 10.3. The number of hydrogen-bond acceptors (Lipinski definition) is 6. The lowest BCUT2D eigenvalue weighted by Crippen LogP contribution is -2.39. The van der Waals surface area contributed by atoms with Gasteiger partial charge in [0.05, 0.1) is 6.54 Å². The summed E-state index contributed by atoms with van der Waals surface area (Å²) >= 11 is 0. The van der Waals surface area contributed by atoms with E-state index in [9.17, 15) is 4.79 Å². The van der Waals surface area contributed by atoms with Gasteiger partial charge in [-0.2, -0.15) is 0 Å². The number of rotatable bonds is 2. The van der Waals surface area contributed by atoms with Crippen LogP contribution < -0.4 is 5.73 Å². The summed E-state index contributed by atoms with van der Waals surface area (Å²) in [7, 11) is 0. The molecule has 1 aliphatic heterocycles. The molecule has 0 aromatic rings. The third-order valence-corrected chi connectivity index (χ3v) is 1.64. The molecule has 6 heteroatoms. The Hall–Kier alpha value is -0.690. The fourth-order valence-corrected chi connectivity index (χ4v) is 1.03. The van der Waals surface area contributed by atoms with E-state index in [2.05, 4.69) is 4.84 Å². The van der Waals surface area contributed by atoms with Gasteiger partial charge >= 0.3 is 5.97 Å². The fourth-order valence-electron chi connectivity index (χ4n) is 1.03. The Morgan fingerprint density at radius 2 is 2.00 bits per heavy atom. The van der Waals surface area contributed by atoms with Crippen LogP contribution in [0.2, 0.25) is 0 Å². The second kappa shape index (κ2) is 3.81. The lowest BCUT2D eigenvalue weighted by molar-refractivity contribution is -0.260. The zero-order chi connectivity index (χ0) is 9.14. The van der Waals surface area contributed by atoms with E-state index < -0.39 is 18.4 Å². The van der Waals surface area contributed by atoms with Crippen molar-refractivity contribution in [3.8, 4) is 0 Å². The predicted molar refractivity (Wildman–Crippen MR) is 38.2 cm³/mol. The molecule has 1 fully saturated rings. The minimum Gasteiger partial charge on any atom is -0.375 e. The van der Waals surface area contributed by atoms with Crippen LogP contribution in [0.1, 0.15) is 12.8 Å². The molecule has 0 aromatic heterocycles. The number of hydrogen-bond donors (Lipinski definition) is 3. The topological polar surface area (TPSA) is 96.0 Å². The van der Waals surface area contributed by atoms with Crippen LogP contribution >= 0.6 is 0 Å². The summed E-state index contributed by atoms with van der Waals surface area (Å²) < 4.78 is 0. The second-order valence-electron chi connectivity index (χ2n) is 2.57. The molecule has 0 amide bonds. The number of aliphatic hydroxyl groups is 2. The SMILES string of the molecule is NCC(=O)ON1C(O)CC[C@H]1O. The van der Waals surface area contributed by atoms with E-state index in [1.54, 1.807) is 0 Å². The molecule has 12 heavy (non-hydrogen) atoms. The van der Waals surface area contributed by atoms with Gasteiger partial charge in [-0.25, -0.2) is 4.79 Å². The van der Waals surface area contributed by atoms with Crippen LogP contribution in [-0.2, 0) is 9.63 Å². The molecule has 70 valence electrons. The van der Waals surface area contributed by atoms with Crippen LogP contribution in [0, 0.1) is 0 Å². The fraction of sp³-hybridized carbons (Fsp3) is 0.833. The van der Waals surface area contributed by atoms with E-state index in [1.807, 2.05) is 0 Å². The third kappa shape index (κ3) is 1.92. The summed E-state index contributed by atoms with van der Waals surface area (Å²) in [5.41, 5.74) is 4.98. The Balaban J connectivity index is 2.44. The first kappa shape index (κ1) is 9.40. The lowest BCUT2D eigenvalue weighted by Gasteiger charge is -2.21. The zero-order valence-electron chi connectivity index (χ0n) is 6.51. The van der Waals surface area contributed by atoms with E-state index in [4.69, 9.17) is 15.9 Å². The van der Waals surface area contributed by atoms with E-state index in [1.165, 1.54) is 0 Å². The van der Waals surface area contributed by atoms with Gasteiger partial charge in [-0.3, -0.25) is 0 Å². The highest BCUT2D eigenvalue weighted by molar-refractivity contribution is 5.70. The smallest absolute Gasteiger partial charge is 0.338 e. The molecular formula is C6H12N2O4. The minimum absolute atomic E-state index is 0.268. The quantitative estimate of drug-likeness (QED) is 0.456. The molecule has 0 aromatic carbocycles. The van der Waals surface area contributed by atoms with Gasteiger partial charge in [-0.15, -0.1) is 0 Å². The Bertz CT molecular complexity index is 165. The predicted octanol–water partition coefficient (Wildman–Crippen LogP) is -1.86. The average Bonchev–Trinajstić information content (AvgIpc) is 2.35. The summed E-state index contributed by atoms with van der Waals surface area (Å²) in [4.78, 5) is 15.2. The first-order chi connectivity index (χ1) is 5.65. The normalized spacial score (nSPS) is 30.6. The van der Waals surface area contributed by atoms with E-state index in [0.717, 1.165) is 5.06 Å². The van der Waals surface area contributed by atoms with Crippen LogP contribution in [0.15, 0.2) is 0 Å². The number of nitrogens with two attached hydrogens (primary N) is 1. The van der Waals surface area contributed by atoms with Crippen molar-refractivity contribution in [1.82, 2.24) is 5.06 Å². The zero-order valence-corrected chi connectivity index (χ0v) is 6.51. The summed E-state index contributed by atoms with van der Waals surface area (Å²) in [6.07, 6.45) is -1.07. The van der Waals surface area contributed by atoms with Crippen molar-refractivity contribution >= 4 is 5.97 Å². The molecule has 0 radical (unpaired) electrons. The van der Waals surface area contributed by atoms with Gasteiger partial charge in [0.25, 0.3) is 0 Å². The number of carbonyl (C=O) groups is 1. The van der Waals surface area contributed by atoms with Crippen molar-refractivity contribution in [2.45, 2.75) is 25.3 Å². The average molecular weight is 176 g/mol. The first-order valence-electron chi connectivity index (χ1n) is 3.70. The van der Waals surface area contributed by atoms with E-state index >= 15 is 0 Å². The van der Waals surface area contributed by atoms with Crippen molar-refractivity contribution in [2.75, 3.05) is 6.54 Å². The summed E-state index contributed by atoms with van der Waals surface area (Å²) in [6.45, 7) is -0.268. The molecule has 6 nitrogen and oxygen atoms in total. The van der Waals surface area contributed by atoms with Gasteiger partial charge < -0.3 is 20.8 Å². The highest BCUT2D eigenvalue weighted by Gasteiger charge is 2.33. The third-order valence-electron chi connectivity index (χ3n) is 1.64. The number of aliphatic hydroxyl groups excluding tert-OH is 2. The van der Waals surface area contributed by atoms with Crippen molar-refractivity contribution in [1.29, 1.82) is 0 Å². The standard InChI is InChI=1S/C6H12N2O4/c7-3-6(11)12-8-4(9)1-2-5(8)10/h4-5,9-10H,1-3,7H2/t4-,5?/m1/s1. The molecule has 0 aliphatic carbocycles. The first-order valence-corrected chi connectivity index (χ1v) is 3.70. The Labute approximate surface area is 69.5 Å². The number of hydroxylamine groups is 2. The minimum atomic E-state index is -0.921. The van der Waals surface area contributed by atoms with Gasteiger partial charge in [0.2, 0.25) is 0 Å². The summed E-state index contributed by atoms with van der Waals surface area (Å²) in [5, 5.41) is 19.2. The van der Waals surface area contributed by atoms with Gasteiger partial charge in [0.1, 0.15) is 12.5 Å². The highest BCUT2D eigenvalue weighted by atomic mass is 16.7. The van der Waals surface area contributed by atoms with Crippen LogP contribution in [0.4, 0.5) is 0 Å². The molecule has 0 bridgehead atoms. The molecule has 1 rings (SSSR count). The van der Waals surface area contributed by atoms with Crippen LogP contribution in [0.5, 0.6) is 0 Å². The van der Waals surface area contributed by atoms with Crippen molar-refractivity contribution in [3.05, 3.63) is 0 Å². The monoisotopic (exact) mass is 176 g/mol. The number of carbonyl (C=O) groups excluding carboxylic acids is 1. The molecule has 4 N–H and O–H groups in total. The summed E-state index contributed by atoms with van der Waals surface area (Å²) in [6, 6.07) is 0. The van der Waals surface area contributed by atoms with Gasteiger partial charge in [-0.1, -0.05) is 5.06 Å². The second-order valence-corrected chi connectivity index (χ2v) is 2.57. The van der Waals surface area contributed by atoms with Crippen molar-refractivity contribution in [3.63, 3.8) is 0 Å². The molecule has 1 heterocycles. The van der Waals surface area contributed by atoms with Gasteiger partial charge in [-0.05, 0) is 12.8 Å². The Kier molecular flexibility index (Phi) is 2.99.